The van der Waals surface area contributed by atoms with Crippen LogP contribution in [-0.2, 0) is 13.5 Å². The van der Waals surface area contributed by atoms with Gasteiger partial charge in [0.05, 0.1) is 22.9 Å². The molecule has 3 rings (SSSR count). The molecule has 3 aromatic rings. The quantitative estimate of drug-likeness (QED) is 0.777. The van der Waals surface area contributed by atoms with E-state index in [4.69, 9.17) is 5.73 Å². The minimum Gasteiger partial charge on any atom is -0.322 e. The molecule has 2 heterocycles. The third-order valence-corrected chi connectivity index (χ3v) is 3.20. The van der Waals surface area contributed by atoms with Gasteiger partial charge in [0.1, 0.15) is 0 Å². The van der Waals surface area contributed by atoms with Crippen molar-refractivity contribution in [3.63, 3.8) is 0 Å². The molecule has 2 aromatic heterocycles. The number of hydrogen-bond acceptors (Lipinski definition) is 3. The van der Waals surface area contributed by atoms with Gasteiger partial charge in [-0.25, -0.2) is 0 Å². The van der Waals surface area contributed by atoms with Gasteiger partial charge in [-0.2, -0.15) is 5.10 Å². The van der Waals surface area contributed by atoms with E-state index in [2.05, 4.69) is 22.2 Å². The summed E-state index contributed by atoms with van der Waals surface area (Å²) in [5.41, 5.74) is 9.10. The summed E-state index contributed by atoms with van der Waals surface area (Å²) in [4.78, 5) is 4.62. The molecule has 0 saturated heterocycles. The van der Waals surface area contributed by atoms with Gasteiger partial charge >= 0.3 is 0 Å². The van der Waals surface area contributed by atoms with E-state index in [1.54, 1.807) is 4.68 Å². The van der Waals surface area contributed by atoms with Gasteiger partial charge in [0.2, 0.25) is 0 Å². The molecule has 1 unspecified atom stereocenters. The standard InChI is InChI=1S/C15H16N4/c1-19-9-8-12(18-19)10-13(16)15-7-6-11-4-2-3-5-14(11)17-15/h2-9,13H,10,16H2,1H3. The summed E-state index contributed by atoms with van der Waals surface area (Å²) in [5.74, 6) is 0. The largest absolute Gasteiger partial charge is 0.322 e. The first kappa shape index (κ1) is 11.9. The highest BCUT2D eigenvalue weighted by Gasteiger charge is 2.10. The van der Waals surface area contributed by atoms with Crippen LogP contribution >= 0.6 is 0 Å². The molecular weight excluding hydrogens is 236 g/mol. The van der Waals surface area contributed by atoms with E-state index in [-0.39, 0.29) is 6.04 Å². The average Bonchev–Trinajstić information content (AvgIpc) is 2.83. The zero-order valence-corrected chi connectivity index (χ0v) is 10.8. The van der Waals surface area contributed by atoms with Crippen molar-refractivity contribution in [2.45, 2.75) is 12.5 Å². The van der Waals surface area contributed by atoms with E-state index in [1.165, 1.54) is 0 Å². The number of benzene rings is 1. The monoisotopic (exact) mass is 252 g/mol. The Morgan fingerprint density at radius 3 is 2.79 bits per heavy atom. The third kappa shape index (κ3) is 2.48. The van der Waals surface area contributed by atoms with Crippen molar-refractivity contribution in [2.75, 3.05) is 0 Å². The highest BCUT2D eigenvalue weighted by Crippen LogP contribution is 2.17. The van der Waals surface area contributed by atoms with Crippen LogP contribution in [0.5, 0.6) is 0 Å². The number of nitrogens with zero attached hydrogens (tertiary/aromatic N) is 3. The predicted octanol–water partition coefficient (Wildman–Crippen LogP) is 2.21. The van der Waals surface area contributed by atoms with Crippen LogP contribution in [0.4, 0.5) is 0 Å². The van der Waals surface area contributed by atoms with Crippen molar-refractivity contribution < 1.29 is 0 Å². The normalized spacial score (nSPS) is 12.7. The molecule has 0 saturated carbocycles. The lowest BCUT2D eigenvalue weighted by atomic mass is 10.1. The summed E-state index contributed by atoms with van der Waals surface area (Å²) in [7, 11) is 1.91. The third-order valence-electron chi connectivity index (χ3n) is 3.20. The van der Waals surface area contributed by atoms with E-state index < -0.39 is 0 Å². The van der Waals surface area contributed by atoms with Crippen LogP contribution in [0.25, 0.3) is 10.9 Å². The number of fused-ring (bicyclic) bond motifs is 1. The smallest absolute Gasteiger partial charge is 0.0706 e. The lowest BCUT2D eigenvalue weighted by molar-refractivity contribution is 0.662. The zero-order chi connectivity index (χ0) is 13.2. The fraction of sp³-hybridized carbons (Fsp3) is 0.200. The highest BCUT2D eigenvalue weighted by atomic mass is 15.2. The van der Waals surface area contributed by atoms with Gasteiger partial charge in [0.15, 0.2) is 0 Å². The number of pyridine rings is 1. The van der Waals surface area contributed by atoms with Gasteiger partial charge in [0.25, 0.3) is 0 Å². The molecule has 0 amide bonds. The lowest BCUT2D eigenvalue weighted by Gasteiger charge is -2.10. The molecule has 0 aliphatic rings. The van der Waals surface area contributed by atoms with Gasteiger partial charge in [-0.3, -0.25) is 9.67 Å². The summed E-state index contributed by atoms with van der Waals surface area (Å²) >= 11 is 0. The Balaban J connectivity index is 1.86. The second-order valence-corrected chi connectivity index (χ2v) is 4.72. The van der Waals surface area contributed by atoms with E-state index in [0.29, 0.717) is 6.42 Å². The Morgan fingerprint density at radius 1 is 1.16 bits per heavy atom. The number of aromatic nitrogens is 3. The molecule has 0 aliphatic heterocycles. The van der Waals surface area contributed by atoms with Gasteiger partial charge < -0.3 is 5.73 Å². The maximum atomic E-state index is 6.22. The van der Waals surface area contributed by atoms with Gasteiger partial charge in [0, 0.05) is 25.1 Å². The van der Waals surface area contributed by atoms with E-state index >= 15 is 0 Å². The molecule has 0 spiro atoms. The molecule has 1 atom stereocenters. The Morgan fingerprint density at radius 2 is 2.00 bits per heavy atom. The molecular formula is C15H16N4. The predicted molar refractivity (Wildman–Crippen MR) is 75.6 cm³/mol. The second-order valence-electron chi connectivity index (χ2n) is 4.72. The fourth-order valence-electron chi connectivity index (χ4n) is 2.19. The molecule has 0 fully saturated rings. The summed E-state index contributed by atoms with van der Waals surface area (Å²) in [5, 5.41) is 5.48. The van der Waals surface area contributed by atoms with Crippen LogP contribution in [0.15, 0.2) is 48.7 Å². The highest BCUT2D eigenvalue weighted by molar-refractivity contribution is 5.78. The first-order chi connectivity index (χ1) is 9.22. The molecule has 4 heteroatoms. The fourth-order valence-corrected chi connectivity index (χ4v) is 2.19. The van der Waals surface area contributed by atoms with Crippen LogP contribution in [0.1, 0.15) is 17.4 Å². The van der Waals surface area contributed by atoms with Crippen molar-refractivity contribution in [3.8, 4) is 0 Å². The Kier molecular flexibility index (Phi) is 3.01. The van der Waals surface area contributed by atoms with Crippen LogP contribution in [0.3, 0.4) is 0 Å². The molecule has 2 N–H and O–H groups in total. The molecule has 4 nitrogen and oxygen atoms in total. The number of para-hydroxylation sites is 1. The van der Waals surface area contributed by atoms with E-state index in [9.17, 15) is 0 Å². The first-order valence-corrected chi connectivity index (χ1v) is 6.32. The van der Waals surface area contributed by atoms with Crippen molar-refractivity contribution in [3.05, 3.63) is 60.0 Å². The van der Waals surface area contributed by atoms with Gasteiger partial charge in [-0.05, 0) is 18.2 Å². The summed E-state index contributed by atoms with van der Waals surface area (Å²) in [6.45, 7) is 0. The second kappa shape index (κ2) is 4.82. The first-order valence-electron chi connectivity index (χ1n) is 6.32. The number of aryl methyl sites for hydroxylation is 1. The Hall–Kier alpha value is -2.20. The summed E-state index contributed by atoms with van der Waals surface area (Å²) in [6.07, 6.45) is 2.63. The SMILES string of the molecule is Cn1ccc(CC(N)c2ccc3ccccc3n2)n1. The summed E-state index contributed by atoms with van der Waals surface area (Å²) in [6, 6.07) is 14.0. The number of nitrogens with two attached hydrogens (primary N) is 1. The van der Waals surface area contributed by atoms with Gasteiger partial charge in [-0.1, -0.05) is 24.3 Å². The van der Waals surface area contributed by atoms with E-state index in [0.717, 1.165) is 22.3 Å². The average molecular weight is 252 g/mol. The minimum atomic E-state index is -0.125. The van der Waals surface area contributed by atoms with Crippen molar-refractivity contribution >= 4 is 10.9 Å². The van der Waals surface area contributed by atoms with Crippen LogP contribution in [0, 0.1) is 0 Å². The van der Waals surface area contributed by atoms with Gasteiger partial charge in [-0.15, -0.1) is 0 Å². The summed E-state index contributed by atoms with van der Waals surface area (Å²) < 4.78 is 1.79. The maximum absolute atomic E-state index is 6.22. The van der Waals surface area contributed by atoms with Crippen molar-refractivity contribution in [1.82, 2.24) is 14.8 Å². The molecule has 1 aromatic carbocycles. The molecule has 96 valence electrons. The minimum absolute atomic E-state index is 0.125. The molecule has 19 heavy (non-hydrogen) atoms. The molecule has 0 bridgehead atoms. The number of hydrogen-bond donors (Lipinski definition) is 1. The molecule has 0 aliphatic carbocycles. The zero-order valence-electron chi connectivity index (χ0n) is 10.8. The van der Waals surface area contributed by atoms with Crippen LogP contribution in [0.2, 0.25) is 0 Å². The maximum Gasteiger partial charge on any atom is 0.0706 e. The lowest BCUT2D eigenvalue weighted by Crippen LogP contribution is -2.15. The number of rotatable bonds is 3. The Labute approximate surface area is 111 Å². The van der Waals surface area contributed by atoms with Crippen molar-refractivity contribution in [1.29, 1.82) is 0 Å². The molecule has 0 radical (unpaired) electrons. The van der Waals surface area contributed by atoms with Crippen molar-refractivity contribution in [2.24, 2.45) is 12.8 Å². The Bertz CT molecular complexity index is 702. The van der Waals surface area contributed by atoms with Crippen LogP contribution in [-0.4, -0.2) is 14.8 Å². The van der Waals surface area contributed by atoms with E-state index in [1.807, 2.05) is 43.6 Å². The topological polar surface area (TPSA) is 56.7 Å². The van der Waals surface area contributed by atoms with Crippen LogP contribution < -0.4 is 5.73 Å².